The highest BCUT2D eigenvalue weighted by Crippen LogP contribution is 2.23. The Hall–Kier alpha value is -0.870. The van der Waals surface area contributed by atoms with E-state index < -0.39 is 0 Å². The molecule has 0 fully saturated rings. The average Bonchev–Trinajstić information content (AvgIpc) is 2.06. The fraction of sp³-hybridized carbons (Fsp3) is 0.100. The van der Waals surface area contributed by atoms with Crippen molar-refractivity contribution in [1.29, 1.82) is 0 Å². The molecule has 1 heteroatoms. The summed E-state index contributed by atoms with van der Waals surface area (Å²) < 4.78 is 0. The molecule has 0 saturated heterocycles. The summed E-state index contributed by atoms with van der Waals surface area (Å²) in [5.41, 5.74) is 0. The summed E-state index contributed by atoms with van der Waals surface area (Å²) >= 11 is 0. The SMILES string of the molecule is Cc1pccc2ccccc12. The predicted molar refractivity (Wildman–Crippen MR) is 51.2 cm³/mol. The zero-order chi connectivity index (χ0) is 7.68. The second kappa shape index (κ2) is 2.64. The van der Waals surface area contributed by atoms with Crippen LogP contribution in [0.4, 0.5) is 0 Å². The van der Waals surface area contributed by atoms with Gasteiger partial charge in [-0.15, -0.1) is 0 Å². The highest BCUT2D eigenvalue weighted by Gasteiger charge is 1.92. The van der Waals surface area contributed by atoms with Crippen LogP contribution in [0.1, 0.15) is 5.30 Å². The zero-order valence-corrected chi connectivity index (χ0v) is 7.31. The standard InChI is InChI=1S/C10H9P/c1-8-10-5-3-2-4-9(10)6-7-11-8/h2-7H,1H3. The Morgan fingerprint density at radius 2 is 1.91 bits per heavy atom. The Kier molecular flexibility index (Phi) is 1.63. The summed E-state index contributed by atoms with van der Waals surface area (Å²) in [6.07, 6.45) is 0. The molecular formula is C10H9P. The first kappa shape index (κ1) is 6.82. The second-order valence-electron chi connectivity index (χ2n) is 2.62. The third-order valence-electron chi connectivity index (χ3n) is 1.87. The summed E-state index contributed by atoms with van der Waals surface area (Å²) in [5, 5.41) is 4.20. The van der Waals surface area contributed by atoms with Crippen molar-refractivity contribution in [3.05, 3.63) is 41.4 Å². The van der Waals surface area contributed by atoms with Gasteiger partial charge in [0.1, 0.15) is 0 Å². The molecule has 1 aromatic heterocycles. The number of fused-ring (bicyclic) bond motifs is 1. The normalized spacial score (nSPS) is 11.0. The summed E-state index contributed by atoms with van der Waals surface area (Å²) in [7, 11) is 1.34. The van der Waals surface area contributed by atoms with E-state index in [1.807, 2.05) is 0 Å². The summed E-state index contributed by atoms with van der Waals surface area (Å²) in [5.74, 6) is 2.19. The molecule has 0 spiro atoms. The highest BCUT2D eigenvalue weighted by molar-refractivity contribution is 7.30. The monoisotopic (exact) mass is 160 g/mol. The third kappa shape index (κ3) is 1.15. The van der Waals surface area contributed by atoms with E-state index in [4.69, 9.17) is 0 Å². The van der Waals surface area contributed by atoms with E-state index in [9.17, 15) is 0 Å². The van der Waals surface area contributed by atoms with Gasteiger partial charge >= 0.3 is 0 Å². The van der Waals surface area contributed by atoms with Crippen molar-refractivity contribution in [3.63, 3.8) is 0 Å². The molecule has 0 aliphatic rings. The van der Waals surface area contributed by atoms with Crippen LogP contribution in [0, 0.1) is 6.92 Å². The van der Waals surface area contributed by atoms with Crippen LogP contribution in [0.15, 0.2) is 36.1 Å². The molecule has 0 atom stereocenters. The fourth-order valence-electron chi connectivity index (χ4n) is 1.27. The lowest BCUT2D eigenvalue weighted by Gasteiger charge is -1.98. The van der Waals surface area contributed by atoms with Gasteiger partial charge in [0.25, 0.3) is 0 Å². The number of rotatable bonds is 0. The average molecular weight is 160 g/mol. The first-order chi connectivity index (χ1) is 5.38. The highest BCUT2D eigenvalue weighted by atomic mass is 31.0. The van der Waals surface area contributed by atoms with Gasteiger partial charge in [0, 0.05) is 0 Å². The van der Waals surface area contributed by atoms with Crippen LogP contribution in [0.2, 0.25) is 0 Å². The minimum atomic E-state index is 1.34. The Morgan fingerprint density at radius 1 is 1.09 bits per heavy atom. The van der Waals surface area contributed by atoms with Crippen LogP contribution in [0.25, 0.3) is 10.8 Å². The molecular weight excluding hydrogens is 151 g/mol. The predicted octanol–water partition coefficient (Wildman–Crippen LogP) is 3.73. The lowest BCUT2D eigenvalue weighted by atomic mass is 10.2. The van der Waals surface area contributed by atoms with Crippen LogP contribution in [-0.4, -0.2) is 0 Å². The van der Waals surface area contributed by atoms with Crippen molar-refractivity contribution < 1.29 is 0 Å². The molecule has 0 nitrogen and oxygen atoms in total. The minimum absolute atomic E-state index is 1.34. The van der Waals surface area contributed by atoms with Crippen molar-refractivity contribution in [2.24, 2.45) is 0 Å². The Labute approximate surface area is 68.0 Å². The van der Waals surface area contributed by atoms with Crippen molar-refractivity contribution in [2.75, 3.05) is 0 Å². The Bertz CT molecular complexity index is 374. The molecule has 11 heavy (non-hydrogen) atoms. The first-order valence-corrected chi connectivity index (χ1v) is 4.64. The third-order valence-corrected chi connectivity index (χ3v) is 2.80. The molecule has 0 N–H and O–H groups in total. The van der Waals surface area contributed by atoms with Gasteiger partial charge in [-0.05, 0) is 34.9 Å². The van der Waals surface area contributed by atoms with E-state index in [1.54, 1.807) is 0 Å². The molecule has 0 aliphatic heterocycles. The number of hydrogen-bond acceptors (Lipinski definition) is 0. The van der Waals surface area contributed by atoms with Crippen LogP contribution in [0.5, 0.6) is 0 Å². The molecule has 0 aliphatic carbocycles. The van der Waals surface area contributed by atoms with E-state index in [0.717, 1.165) is 0 Å². The smallest absolute Gasteiger partial charge is 0.0109 e. The van der Waals surface area contributed by atoms with E-state index in [1.165, 1.54) is 24.3 Å². The summed E-state index contributed by atoms with van der Waals surface area (Å²) in [4.78, 5) is 0. The van der Waals surface area contributed by atoms with Crippen molar-refractivity contribution >= 4 is 19.0 Å². The van der Waals surface area contributed by atoms with Crippen LogP contribution >= 0.6 is 8.19 Å². The van der Waals surface area contributed by atoms with E-state index >= 15 is 0 Å². The lowest BCUT2D eigenvalue weighted by Crippen LogP contribution is -1.71. The molecule has 1 aromatic carbocycles. The van der Waals surface area contributed by atoms with Gasteiger partial charge in [0.05, 0.1) is 0 Å². The quantitative estimate of drug-likeness (QED) is 0.550. The van der Waals surface area contributed by atoms with Gasteiger partial charge in [-0.3, -0.25) is 0 Å². The van der Waals surface area contributed by atoms with Crippen molar-refractivity contribution in [2.45, 2.75) is 6.92 Å². The van der Waals surface area contributed by atoms with Gasteiger partial charge in [-0.25, -0.2) is 0 Å². The number of benzene rings is 1. The van der Waals surface area contributed by atoms with Gasteiger partial charge in [-0.1, -0.05) is 32.5 Å². The molecule has 2 aromatic rings. The van der Waals surface area contributed by atoms with Crippen LogP contribution in [-0.2, 0) is 0 Å². The molecule has 2 rings (SSSR count). The molecule has 0 unspecified atom stereocenters. The minimum Gasteiger partial charge on any atom is -0.0726 e. The zero-order valence-electron chi connectivity index (χ0n) is 6.41. The van der Waals surface area contributed by atoms with Crippen LogP contribution in [0.3, 0.4) is 0 Å². The maximum Gasteiger partial charge on any atom is -0.0109 e. The summed E-state index contributed by atoms with van der Waals surface area (Å²) in [6.45, 7) is 2.18. The Morgan fingerprint density at radius 3 is 2.73 bits per heavy atom. The first-order valence-electron chi connectivity index (χ1n) is 3.68. The Balaban J connectivity index is 2.91. The molecule has 54 valence electrons. The molecule has 0 amide bonds. The second-order valence-corrected chi connectivity index (χ2v) is 3.84. The number of hydrogen-bond donors (Lipinski definition) is 0. The van der Waals surface area contributed by atoms with Gasteiger partial charge in [0.15, 0.2) is 0 Å². The molecule has 0 saturated carbocycles. The fourth-order valence-corrected chi connectivity index (χ4v) is 2.07. The maximum atomic E-state index is 2.19. The molecule has 1 heterocycles. The molecule has 0 radical (unpaired) electrons. The van der Waals surface area contributed by atoms with Crippen molar-refractivity contribution in [3.8, 4) is 0 Å². The van der Waals surface area contributed by atoms with Crippen molar-refractivity contribution in [1.82, 2.24) is 0 Å². The maximum absolute atomic E-state index is 2.19. The van der Waals surface area contributed by atoms with Crippen LogP contribution < -0.4 is 0 Å². The topological polar surface area (TPSA) is 0 Å². The van der Waals surface area contributed by atoms with E-state index in [-0.39, 0.29) is 0 Å². The molecule has 0 bridgehead atoms. The summed E-state index contributed by atoms with van der Waals surface area (Å²) in [6, 6.07) is 10.7. The largest absolute Gasteiger partial charge is 0.0726 e. The van der Waals surface area contributed by atoms with E-state index in [2.05, 4.69) is 43.1 Å². The van der Waals surface area contributed by atoms with Gasteiger partial charge in [0.2, 0.25) is 0 Å². The van der Waals surface area contributed by atoms with Gasteiger partial charge < -0.3 is 0 Å². The lowest BCUT2D eigenvalue weighted by molar-refractivity contribution is 1.66. The number of aryl methyl sites for hydroxylation is 1. The van der Waals surface area contributed by atoms with Gasteiger partial charge in [-0.2, -0.15) is 0 Å². The van der Waals surface area contributed by atoms with E-state index in [0.29, 0.717) is 0 Å².